The van der Waals surface area contributed by atoms with Crippen molar-refractivity contribution >= 4 is 6.08 Å². The summed E-state index contributed by atoms with van der Waals surface area (Å²) < 4.78 is 54.0. The summed E-state index contributed by atoms with van der Waals surface area (Å²) in [4.78, 5) is 0. The molecule has 2 aromatic carbocycles. The van der Waals surface area contributed by atoms with E-state index < -0.39 is 6.36 Å². The molecule has 0 aliphatic heterocycles. The fourth-order valence-electron chi connectivity index (χ4n) is 2.00. The van der Waals surface area contributed by atoms with Gasteiger partial charge in [0.2, 0.25) is 0 Å². The molecule has 0 aliphatic carbocycles. The molecule has 0 aliphatic rings. The minimum atomic E-state index is -4.72. The van der Waals surface area contributed by atoms with Crippen LogP contribution in [-0.2, 0) is 0 Å². The molecule has 1 nitrogen and oxygen atoms in total. The zero-order valence-electron chi connectivity index (χ0n) is 13.5. The van der Waals surface area contributed by atoms with Gasteiger partial charge in [0, 0.05) is 16.7 Å². The summed E-state index contributed by atoms with van der Waals surface area (Å²) >= 11 is 0. The van der Waals surface area contributed by atoms with Gasteiger partial charge in [0.15, 0.2) is 0 Å². The number of hydrogen-bond acceptors (Lipinski definition) is 1. The van der Waals surface area contributed by atoms with E-state index in [1.54, 1.807) is 18.2 Å². The summed E-state index contributed by atoms with van der Waals surface area (Å²) in [5, 5.41) is 0. The molecule has 0 saturated carbocycles. The number of benzene rings is 2. The van der Waals surface area contributed by atoms with E-state index in [9.17, 15) is 17.6 Å². The first-order valence-electron chi connectivity index (χ1n) is 7.71. The predicted octanol–water partition coefficient (Wildman–Crippen LogP) is 5.94. The maximum absolute atomic E-state index is 14.0. The van der Waals surface area contributed by atoms with Gasteiger partial charge < -0.3 is 4.74 Å². The van der Waals surface area contributed by atoms with Crippen LogP contribution in [0, 0.1) is 17.7 Å². The molecule has 0 unspecified atom stereocenters. The summed E-state index contributed by atoms with van der Waals surface area (Å²) in [6, 6.07) is 9.85. The normalized spacial score (nSPS) is 11.2. The molecule has 0 amide bonds. The number of hydrogen-bond donors (Lipinski definition) is 0. The van der Waals surface area contributed by atoms with Gasteiger partial charge in [-0.2, -0.15) is 0 Å². The Kier molecular flexibility index (Phi) is 6.24. The quantitative estimate of drug-likeness (QED) is 0.491. The molecule has 0 spiro atoms. The van der Waals surface area contributed by atoms with Gasteiger partial charge in [-0.1, -0.05) is 43.4 Å². The minimum absolute atomic E-state index is 0.313. The van der Waals surface area contributed by atoms with Gasteiger partial charge in [-0.15, -0.1) is 13.2 Å². The van der Waals surface area contributed by atoms with E-state index >= 15 is 0 Å². The fraction of sp³-hybridized carbons (Fsp3) is 0.200. The summed E-state index contributed by atoms with van der Waals surface area (Å²) in [7, 11) is 0. The van der Waals surface area contributed by atoms with E-state index in [2.05, 4.69) is 16.6 Å². The molecule has 0 atom stereocenters. The average molecular weight is 348 g/mol. The van der Waals surface area contributed by atoms with E-state index in [1.807, 2.05) is 13.0 Å². The van der Waals surface area contributed by atoms with Crippen LogP contribution < -0.4 is 4.74 Å². The molecule has 0 radical (unpaired) electrons. The van der Waals surface area contributed by atoms with E-state index in [1.165, 1.54) is 30.3 Å². The third-order valence-electron chi connectivity index (χ3n) is 3.19. The number of allylic oxidation sites excluding steroid dienone is 1. The number of alkyl halides is 3. The first kappa shape index (κ1) is 18.6. The van der Waals surface area contributed by atoms with Crippen molar-refractivity contribution in [2.24, 2.45) is 0 Å². The fourth-order valence-corrected chi connectivity index (χ4v) is 2.00. The van der Waals surface area contributed by atoms with Crippen LogP contribution in [0.4, 0.5) is 17.6 Å². The molecular formula is C20H16F4O. The largest absolute Gasteiger partial charge is 0.573 e. The van der Waals surface area contributed by atoms with Gasteiger partial charge in [0.05, 0.1) is 0 Å². The van der Waals surface area contributed by atoms with Crippen molar-refractivity contribution in [3.63, 3.8) is 0 Å². The Morgan fingerprint density at radius 3 is 2.24 bits per heavy atom. The van der Waals surface area contributed by atoms with Gasteiger partial charge in [0.25, 0.3) is 0 Å². The predicted molar refractivity (Wildman–Crippen MR) is 89.4 cm³/mol. The zero-order chi connectivity index (χ0) is 18.3. The number of unbranched alkanes of at least 4 members (excludes halogenated alkanes) is 1. The third kappa shape index (κ3) is 6.34. The minimum Gasteiger partial charge on any atom is -0.406 e. The van der Waals surface area contributed by atoms with Crippen LogP contribution in [0.25, 0.3) is 6.08 Å². The van der Waals surface area contributed by atoms with Gasteiger partial charge in [-0.05, 0) is 42.8 Å². The summed E-state index contributed by atoms with van der Waals surface area (Å²) in [6.45, 7) is 2.04. The monoisotopic (exact) mass is 348 g/mol. The van der Waals surface area contributed by atoms with Crippen LogP contribution in [0.3, 0.4) is 0 Å². The first-order valence-corrected chi connectivity index (χ1v) is 7.71. The van der Waals surface area contributed by atoms with Crippen LogP contribution in [0.15, 0.2) is 48.5 Å². The Morgan fingerprint density at radius 1 is 1.00 bits per heavy atom. The van der Waals surface area contributed by atoms with Crippen LogP contribution in [0.5, 0.6) is 5.75 Å². The highest BCUT2D eigenvalue weighted by Gasteiger charge is 2.30. The van der Waals surface area contributed by atoms with Gasteiger partial charge in [-0.25, -0.2) is 4.39 Å². The lowest BCUT2D eigenvalue weighted by molar-refractivity contribution is -0.274. The molecule has 0 bridgehead atoms. The highest BCUT2D eigenvalue weighted by atomic mass is 19.4. The molecule has 0 N–H and O–H groups in total. The van der Waals surface area contributed by atoms with E-state index in [0.717, 1.165) is 12.8 Å². The molecule has 2 aromatic rings. The van der Waals surface area contributed by atoms with Crippen molar-refractivity contribution in [3.8, 4) is 17.6 Å². The van der Waals surface area contributed by atoms with E-state index in [-0.39, 0.29) is 11.6 Å². The maximum atomic E-state index is 14.0. The van der Waals surface area contributed by atoms with Crippen molar-refractivity contribution in [2.45, 2.75) is 26.1 Å². The zero-order valence-corrected chi connectivity index (χ0v) is 13.5. The van der Waals surface area contributed by atoms with Gasteiger partial charge in [0.1, 0.15) is 11.6 Å². The molecule has 5 heteroatoms. The summed E-state index contributed by atoms with van der Waals surface area (Å²) in [6.07, 6.45) is 0.797. The van der Waals surface area contributed by atoms with Crippen molar-refractivity contribution in [3.05, 3.63) is 71.0 Å². The molecule has 130 valence electrons. The SMILES string of the molecule is CCCC=Cc1ccc(C#Cc2ccc(OC(F)(F)F)cc2)cc1F. The lowest BCUT2D eigenvalue weighted by atomic mass is 10.1. The summed E-state index contributed by atoms with van der Waals surface area (Å²) in [5.74, 6) is 4.89. The third-order valence-corrected chi connectivity index (χ3v) is 3.19. The van der Waals surface area contributed by atoms with Gasteiger partial charge >= 0.3 is 6.36 Å². The van der Waals surface area contributed by atoms with Crippen molar-refractivity contribution in [2.75, 3.05) is 0 Å². The molecule has 0 heterocycles. The number of halogens is 4. The smallest absolute Gasteiger partial charge is 0.406 e. The second kappa shape index (κ2) is 8.39. The highest BCUT2D eigenvalue weighted by molar-refractivity contribution is 5.53. The first-order chi connectivity index (χ1) is 11.9. The second-order valence-electron chi connectivity index (χ2n) is 5.25. The standard InChI is InChI=1S/C20H16F4O/c1-2-3-4-5-17-11-8-16(14-19(17)21)7-6-15-9-12-18(13-10-15)25-20(22,23)24/h4-5,8-14H,2-3H2,1H3. The number of rotatable bonds is 4. The lowest BCUT2D eigenvalue weighted by Gasteiger charge is -2.07. The van der Waals surface area contributed by atoms with Crippen LogP contribution >= 0.6 is 0 Å². The Bertz CT molecular complexity index is 793. The molecule has 0 saturated heterocycles. The van der Waals surface area contributed by atoms with Crippen molar-refractivity contribution in [1.82, 2.24) is 0 Å². The van der Waals surface area contributed by atoms with E-state index in [4.69, 9.17) is 0 Å². The molecular weight excluding hydrogens is 332 g/mol. The Balaban J connectivity index is 2.09. The van der Waals surface area contributed by atoms with Crippen LogP contribution in [0.1, 0.15) is 36.5 Å². The Labute approximate surface area is 143 Å². The Morgan fingerprint density at radius 2 is 1.64 bits per heavy atom. The molecule has 0 aromatic heterocycles. The highest BCUT2D eigenvalue weighted by Crippen LogP contribution is 2.22. The average Bonchev–Trinajstić information content (AvgIpc) is 2.55. The van der Waals surface area contributed by atoms with Crippen LogP contribution in [-0.4, -0.2) is 6.36 Å². The van der Waals surface area contributed by atoms with Crippen molar-refractivity contribution < 1.29 is 22.3 Å². The number of ether oxygens (including phenoxy) is 1. The molecule has 25 heavy (non-hydrogen) atoms. The maximum Gasteiger partial charge on any atom is 0.573 e. The second-order valence-corrected chi connectivity index (χ2v) is 5.25. The van der Waals surface area contributed by atoms with E-state index in [0.29, 0.717) is 16.7 Å². The lowest BCUT2D eigenvalue weighted by Crippen LogP contribution is -2.16. The Hall–Kier alpha value is -2.74. The van der Waals surface area contributed by atoms with Crippen molar-refractivity contribution in [1.29, 1.82) is 0 Å². The van der Waals surface area contributed by atoms with Crippen LogP contribution in [0.2, 0.25) is 0 Å². The molecule has 0 fully saturated rings. The summed E-state index contributed by atoms with van der Waals surface area (Å²) in [5.41, 5.74) is 1.48. The molecule has 2 rings (SSSR count). The van der Waals surface area contributed by atoms with Gasteiger partial charge in [-0.3, -0.25) is 0 Å². The topological polar surface area (TPSA) is 9.23 Å².